The topological polar surface area (TPSA) is 72.7 Å². The van der Waals surface area contributed by atoms with Crippen LogP contribution in [0.5, 0.6) is 0 Å². The first kappa shape index (κ1) is 19.0. The number of aromatic nitrogens is 4. The summed E-state index contributed by atoms with van der Waals surface area (Å²) in [5.74, 6) is -2.91. The summed E-state index contributed by atoms with van der Waals surface area (Å²) in [7, 11) is 0. The van der Waals surface area contributed by atoms with Crippen LogP contribution >= 0.6 is 0 Å². The highest BCUT2D eigenvalue weighted by molar-refractivity contribution is 5.79. The number of hydrogen-bond donors (Lipinski definition) is 1. The lowest BCUT2D eigenvalue weighted by Crippen LogP contribution is -2.43. The smallest absolute Gasteiger partial charge is 0.248 e. The third-order valence-corrected chi connectivity index (χ3v) is 5.98. The normalized spacial score (nSPS) is 25.4. The largest absolute Gasteiger partial charge is 0.353 e. The number of carbonyl (C=O) groups is 1. The van der Waals surface area contributed by atoms with E-state index in [2.05, 4.69) is 20.4 Å². The van der Waals surface area contributed by atoms with E-state index in [1.165, 1.54) is 6.33 Å². The summed E-state index contributed by atoms with van der Waals surface area (Å²) in [5.41, 5.74) is 1.81. The minimum Gasteiger partial charge on any atom is -0.353 e. The summed E-state index contributed by atoms with van der Waals surface area (Å²) in [6, 6.07) is 2.29. The highest BCUT2D eigenvalue weighted by Crippen LogP contribution is 2.36. The highest BCUT2D eigenvalue weighted by Gasteiger charge is 2.38. The van der Waals surface area contributed by atoms with Gasteiger partial charge in [0.2, 0.25) is 11.8 Å². The minimum absolute atomic E-state index is 0.0518. The standard InChI is InChI=1S/C20H25F2N5O/c21-20(22)8-5-14(6-9-20)19(28)26-16-1-3-17(4-2-16)27-12-15(11-25-27)18-7-10-23-13-24-18/h7,10-14,16-17H,1-6,8-9H2,(H,26,28). The van der Waals surface area contributed by atoms with Crippen LogP contribution in [0, 0.1) is 5.92 Å². The van der Waals surface area contributed by atoms with Crippen molar-refractivity contribution in [1.29, 1.82) is 0 Å². The van der Waals surface area contributed by atoms with Crippen molar-refractivity contribution in [1.82, 2.24) is 25.1 Å². The Morgan fingerprint density at radius 3 is 2.57 bits per heavy atom. The van der Waals surface area contributed by atoms with Gasteiger partial charge < -0.3 is 5.32 Å². The summed E-state index contributed by atoms with van der Waals surface area (Å²) in [6.07, 6.45) is 10.9. The van der Waals surface area contributed by atoms with Gasteiger partial charge in [-0.3, -0.25) is 9.48 Å². The van der Waals surface area contributed by atoms with Crippen molar-refractivity contribution < 1.29 is 13.6 Å². The predicted molar refractivity (Wildman–Crippen MR) is 99.6 cm³/mol. The first-order chi connectivity index (χ1) is 13.5. The number of halogens is 2. The van der Waals surface area contributed by atoms with Gasteiger partial charge in [-0.25, -0.2) is 18.7 Å². The quantitative estimate of drug-likeness (QED) is 0.864. The molecule has 150 valence electrons. The zero-order valence-electron chi connectivity index (χ0n) is 15.7. The van der Waals surface area contributed by atoms with Gasteiger partial charge in [0.25, 0.3) is 0 Å². The second kappa shape index (κ2) is 7.93. The van der Waals surface area contributed by atoms with Gasteiger partial charge in [-0.2, -0.15) is 5.10 Å². The zero-order chi connectivity index (χ0) is 19.6. The van der Waals surface area contributed by atoms with Gasteiger partial charge in [0.05, 0.1) is 17.9 Å². The van der Waals surface area contributed by atoms with Crippen molar-refractivity contribution in [3.63, 3.8) is 0 Å². The first-order valence-electron chi connectivity index (χ1n) is 9.99. The van der Waals surface area contributed by atoms with E-state index in [0.717, 1.165) is 36.9 Å². The molecule has 0 atom stereocenters. The van der Waals surface area contributed by atoms with Gasteiger partial charge in [0.1, 0.15) is 6.33 Å². The lowest BCUT2D eigenvalue weighted by Gasteiger charge is -2.32. The lowest BCUT2D eigenvalue weighted by molar-refractivity contribution is -0.130. The third-order valence-electron chi connectivity index (χ3n) is 5.98. The summed E-state index contributed by atoms with van der Waals surface area (Å²) >= 11 is 0. The van der Waals surface area contributed by atoms with Crippen LogP contribution in [0.25, 0.3) is 11.3 Å². The van der Waals surface area contributed by atoms with E-state index in [1.807, 2.05) is 23.1 Å². The molecule has 0 spiro atoms. The molecule has 6 nitrogen and oxygen atoms in total. The van der Waals surface area contributed by atoms with Crippen molar-refractivity contribution in [2.75, 3.05) is 0 Å². The maximum atomic E-state index is 13.3. The van der Waals surface area contributed by atoms with Crippen molar-refractivity contribution in [3.8, 4) is 11.3 Å². The van der Waals surface area contributed by atoms with E-state index in [0.29, 0.717) is 6.04 Å². The van der Waals surface area contributed by atoms with E-state index in [1.54, 1.807) is 6.20 Å². The molecule has 2 aromatic rings. The van der Waals surface area contributed by atoms with Crippen LogP contribution in [-0.2, 0) is 4.79 Å². The van der Waals surface area contributed by atoms with Crippen LogP contribution in [0.4, 0.5) is 8.78 Å². The van der Waals surface area contributed by atoms with Gasteiger partial charge in [-0.1, -0.05) is 0 Å². The van der Waals surface area contributed by atoms with E-state index >= 15 is 0 Å². The van der Waals surface area contributed by atoms with Gasteiger partial charge in [-0.15, -0.1) is 0 Å². The number of carbonyl (C=O) groups excluding carboxylic acids is 1. The Balaban J connectivity index is 1.27. The van der Waals surface area contributed by atoms with Crippen LogP contribution in [0.2, 0.25) is 0 Å². The molecule has 0 bridgehead atoms. The molecule has 0 aromatic carbocycles. The van der Waals surface area contributed by atoms with E-state index in [9.17, 15) is 13.6 Å². The first-order valence-corrected chi connectivity index (χ1v) is 9.99. The van der Waals surface area contributed by atoms with E-state index in [-0.39, 0.29) is 43.6 Å². The average molecular weight is 389 g/mol. The molecular weight excluding hydrogens is 364 g/mol. The molecule has 2 aromatic heterocycles. The third kappa shape index (κ3) is 4.36. The minimum atomic E-state index is -2.59. The fraction of sp³-hybridized carbons (Fsp3) is 0.600. The van der Waals surface area contributed by atoms with Crippen molar-refractivity contribution in [3.05, 3.63) is 31.0 Å². The molecular formula is C20H25F2N5O. The molecule has 0 aliphatic heterocycles. The predicted octanol–water partition coefficient (Wildman–Crippen LogP) is 3.77. The summed E-state index contributed by atoms with van der Waals surface area (Å²) in [4.78, 5) is 20.6. The monoisotopic (exact) mass is 389 g/mol. The Morgan fingerprint density at radius 1 is 1.14 bits per heavy atom. The molecule has 1 amide bonds. The van der Waals surface area contributed by atoms with E-state index < -0.39 is 5.92 Å². The molecule has 0 radical (unpaired) electrons. The number of hydrogen-bond acceptors (Lipinski definition) is 4. The van der Waals surface area contributed by atoms with Gasteiger partial charge >= 0.3 is 0 Å². The maximum Gasteiger partial charge on any atom is 0.248 e. The fourth-order valence-corrected chi connectivity index (χ4v) is 4.24. The molecule has 2 saturated carbocycles. The van der Waals surface area contributed by atoms with Crippen LogP contribution < -0.4 is 5.32 Å². The number of amides is 1. The van der Waals surface area contributed by atoms with Crippen LogP contribution in [0.15, 0.2) is 31.0 Å². The highest BCUT2D eigenvalue weighted by atomic mass is 19.3. The number of nitrogens with one attached hydrogen (secondary N) is 1. The average Bonchev–Trinajstić information content (AvgIpc) is 3.19. The Hall–Kier alpha value is -2.38. The molecule has 2 fully saturated rings. The second-order valence-corrected chi connectivity index (χ2v) is 7.95. The Bertz CT molecular complexity index is 792. The summed E-state index contributed by atoms with van der Waals surface area (Å²) in [6.45, 7) is 0. The Morgan fingerprint density at radius 2 is 1.89 bits per heavy atom. The van der Waals surface area contributed by atoms with Gasteiger partial charge in [0.15, 0.2) is 0 Å². The molecule has 28 heavy (non-hydrogen) atoms. The van der Waals surface area contributed by atoms with Crippen molar-refractivity contribution in [2.45, 2.75) is 69.4 Å². The molecule has 2 aliphatic carbocycles. The van der Waals surface area contributed by atoms with Crippen LogP contribution in [0.3, 0.4) is 0 Å². The van der Waals surface area contributed by atoms with Crippen LogP contribution in [0.1, 0.15) is 57.4 Å². The fourth-order valence-electron chi connectivity index (χ4n) is 4.24. The number of alkyl halides is 2. The Kier molecular flexibility index (Phi) is 5.37. The van der Waals surface area contributed by atoms with Crippen molar-refractivity contribution >= 4 is 5.91 Å². The molecule has 4 rings (SSSR count). The molecule has 1 N–H and O–H groups in total. The summed E-state index contributed by atoms with van der Waals surface area (Å²) in [5, 5.41) is 7.58. The summed E-state index contributed by atoms with van der Waals surface area (Å²) < 4.78 is 28.5. The molecule has 2 heterocycles. The molecule has 8 heteroatoms. The second-order valence-electron chi connectivity index (χ2n) is 7.95. The molecule has 0 saturated heterocycles. The number of rotatable bonds is 4. The van der Waals surface area contributed by atoms with Crippen molar-refractivity contribution in [2.24, 2.45) is 5.92 Å². The zero-order valence-corrected chi connectivity index (χ0v) is 15.7. The maximum absolute atomic E-state index is 13.3. The van der Waals surface area contributed by atoms with Crippen LogP contribution in [-0.4, -0.2) is 37.6 Å². The number of nitrogens with zero attached hydrogens (tertiary/aromatic N) is 4. The Labute approximate surface area is 162 Å². The lowest BCUT2D eigenvalue weighted by atomic mass is 9.85. The van der Waals surface area contributed by atoms with E-state index in [4.69, 9.17) is 0 Å². The van der Waals surface area contributed by atoms with Gasteiger partial charge in [0, 0.05) is 42.8 Å². The molecule has 2 aliphatic rings. The molecule has 0 unspecified atom stereocenters. The van der Waals surface area contributed by atoms with Gasteiger partial charge in [-0.05, 0) is 44.6 Å². The SMILES string of the molecule is O=C(NC1CCC(n2cc(-c3ccncn3)cn2)CC1)C1CCC(F)(F)CC1.